The van der Waals surface area contributed by atoms with E-state index in [4.69, 9.17) is 9.47 Å². The van der Waals surface area contributed by atoms with Crippen molar-refractivity contribution in [3.05, 3.63) is 48.6 Å². The lowest BCUT2D eigenvalue weighted by atomic mass is 10.0. The molecule has 23 heavy (non-hydrogen) atoms. The van der Waals surface area contributed by atoms with Crippen LogP contribution in [0.1, 0.15) is 18.4 Å². The topological polar surface area (TPSA) is 38.8 Å². The lowest BCUT2D eigenvalue weighted by Crippen LogP contribution is -2.44. The molecule has 0 saturated carbocycles. The Morgan fingerprint density at radius 2 is 2.17 bits per heavy atom. The van der Waals surface area contributed by atoms with Gasteiger partial charge < -0.3 is 14.4 Å². The molecule has 2 heterocycles. The SMILES string of the molecule is C=CCO[C@@H]1CCN(C(=O)[C@@H]2CCOC2)[C@H]1Cc1ccccc1. The third-order valence-corrected chi connectivity index (χ3v) is 4.76. The molecule has 0 bridgehead atoms. The molecule has 3 atom stereocenters. The van der Waals surface area contributed by atoms with Crippen LogP contribution >= 0.6 is 0 Å². The van der Waals surface area contributed by atoms with E-state index in [2.05, 4.69) is 18.7 Å². The summed E-state index contributed by atoms with van der Waals surface area (Å²) >= 11 is 0. The van der Waals surface area contributed by atoms with E-state index < -0.39 is 0 Å². The van der Waals surface area contributed by atoms with E-state index >= 15 is 0 Å². The number of amides is 1. The summed E-state index contributed by atoms with van der Waals surface area (Å²) < 4.78 is 11.3. The third kappa shape index (κ3) is 3.82. The van der Waals surface area contributed by atoms with Crippen LogP contribution in [0.2, 0.25) is 0 Å². The van der Waals surface area contributed by atoms with Crippen LogP contribution in [-0.2, 0) is 20.7 Å². The van der Waals surface area contributed by atoms with Crippen molar-refractivity contribution in [2.75, 3.05) is 26.4 Å². The molecule has 124 valence electrons. The van der Waals surface area contributed by atoms with Crippen LogP contribution in [0.5, 0.6) is 0 Å². The van der Waals surface area contributed by atoms with E-state index in [0.717, 1.165) is 25.8 Å². The molecule has 2 aliphatic heterocycles. The molecule has 0 spiro atoms. The Balaban J connectivity index is 1.73. The maximum Gasteiger partial charge on any atom is 0.228 e. The van der Waals surface area contributed by atoms with E-state index in [1.165, 1.54) is 5.56 Å². The van der Waals surface area contributed by atoms with Gasteiger partial charge in [0, 0.05) is 13.2 Å². The molecular weight excluding hydrogens is 290 g/mol. The number of hydrogen-bond donors (Lipinski definition) is 0. The van der Waals surface area contributed by atoms with Gasteiger partial charge in [-0.25, -0.2) is 0 Å². The molecule has 2 saturated heterocycles. The number of carbonyl (C=O) groups is 1. The Morgan fingerprint density at radius 3 is 2.87 bits per heavy atom. The molecule has 0 aliphatic carbocycles. The maximum absolute atomic E-state index is 12.8. The molecule has 0 N–H and O–H groups in total. The average Bonchev–Trinajstić information content (AvgIpc) is 3.24. The van der Waals surface area contributed by atoms with Crippen molar-refractivity contribution < 1.29 is 14.3 Å². The number of ether oxygens (including phenoxy) is 2. The first-order valence-electron chi connectivity index (χ1n) is 8.44. The molecule has 4 nitrogen and oxygen atoms in total. The van der Waals surface area contributed by atoms with Crippen LogP contribution in [0.15, 0.2) is 43.0 Å². The number of nitrogens with zero attached hydrogens (tertiary/aromatic N) is 1. The van der Waals surface area contributed by atoms with Crippen LogP contribution in [0.25, 0.3) is 0 Å². The van der Waals surface area contributed by atoms with Gasteiger partial charge in [0.2, 0.25) is 5.91 Å². The number of carbonyl (C=O) groups excluding carboxylic acids is 1. The van der Waals surface area contributed by atoms with Gasteiger partial charge in [0.15, 0.2) is 0 Å². The Hall–Kier alpha value is -1.65. The lowest BCUT2D eigenvalue weighted by Gasteiger charge is -2.30. The molecule has 0 unspecified atom stereocenters. The van der Waals surface area contributed by atoms with Crippen LogP contribution < -0.4 is 0 Å². The molecule has 0 aromatic heterocycles. The second-order valence-corrected chi connectivity index (χ2v) is 6.30. The predicted octanol–water partition coefficient (Wildman–Crippen LogP) is 2.44. The van der Waals surface area contributed by atoms with Crippen molar-refractivity contribution in [2.24, 2.45) is 5.92 Å². The molecule has 2 fully saturated rings. The summed E-state index contributed by atoms with van der Waals surface area (Å²) in [5.41, 5.74) is 1.24. The smallest absolute Gasteiger partial charge is 0.228 e. The predicted molar refractivity (Wildman–Crippen MR) is 89.1 cm³/mol. The van der Waals surface area contributed by atoms with Crippen molar-refractivity contribution >= 4 is 5.91 Å². The average molecular weight is 315 g/mol. The third-order valence-electron chi connectivity index (χ3n) is 4.76. The largest absolute Gasteiger partial charge is 0.381 e. The highest BCUT2D eigenvalue weighted by Crippen LogP contribution is 2.28. The summed E-state index contributed by atoms with van der Waals surface area (Å²) in [6.07, 6.45) is 4.42. The summed E-state index contributed by atoms with van der Waals surface area (Å²) in [7, 11) is 0. The fourth-order valence-corrected chi connectivity index (χ4v) is 3.55. The van der Waals surface area contributed by atoms with Crippen LogP contribution in [0.4, 0.5) is 0 Å². The fraction of sp³-hybridized carbons (Fsp3) is 0.526. The molecular formula is C19H25NO3. The van der Waals surface area contributed by atoms with Crippen molar-refractivity contribution in [1.29, 1.82) is 0 Å². The van der Waals surface area contributed by atoms with Gasteiger partial charge in [-0.15, -0.1) is 6.58 Å². The van der Waals surface area contributed by atoms with Gasteiger partial charge in [-0.2, -0.15) is 0 Å². The summed E-state index contributed by atoms with van der Waals surface area (Å²) in [4.78, 5) is 14.9. The zero-order valence-electron chi connectivity index (χ0n) is 13.5. The Labute approximate surface area is 138 Å². The minimum Gasteiger partial charge on any atom is -0.381 e. The molecule has 1 amide bonds. The first-order valence-corrected chi connectivity index (χ1v) is 8.44. The summed E-state index contributed by atoms with van der Waals surface area (Å²) in [6, 6.07) is 10.4. The number of benzene rings is 1. The van der Waals surface area contributed by atoms with E-state index in [1.54, 1.807) is 6.08 Å². The van der Waals surface area contributed by atoms with E-state index in [1.807, 2.05) is 23.1 Å². The van der Waals surface area contributed by atoms with Crippen LogP contribution in [0.3, 0.4) is 0 Å². The molecule has 1 aromatic rings. The van der Waals surface area contributed by atoms with Gasteiger partial charge in [-0.3, -0.25) is 4.79 Å². The van der Waals surface area contributed by atoms with E-state index in [9.17, 15) is 4.79 Å². The van der Waals surface area contributed by atoms with E-state index in [-0.39, 0.29) is 24.0 Å². The minimum atomic E-state index is 0.0198. The lowest BCUT2D eigenvalue weighted by molar-refractivity contribution is -0.137. The summed E-state index contributed by atoms with van der Waals surface area (Å²) in [6.45, 7) is 6.29. The highest BCUT2D eigenvalue weighted by molar-refractivity contribution is 5.80. The number of rotatable bonds is 6. The highest BCUT2D eigenvalue weighted by Gasteiger charge is 2.40. The van der Waals surface area contributed by atoms with Gasteiger partial charge in [0.1, 0.15) is 0 Å². The zero-order chi connectivity index (χ0) is 16.1. The Morgan fingerprint density at radius 1 is 1.35 bits per heavy atom. The van der Waals surface area contributed by atoms with Gasteiger partial charge >= 0.3 is 0 Å². The zero-order valence-corrected chi connectivity index (χ0v) is 13.5. The monoisotopic (exact) mass is 315 g/mol. The molecule has 1 aromatic carbocycles. The molecule has 0 radical (unpaired) electrons. The van der Waals surface area contributed by atoms with Crippen LogP contribution in [0, 0.1) is 5.92 Å². The standard InChI is InChI=1S/C19H25NO3/c1-2-11-23-18-8-10-20(19(21)16-9-12-22-14-16)17(18)13-15-6-4-3-5-7-15/h2-7,16-18H,1,8-14H2/t16-,17+,18-/m1/s1. The van der Waals surface area contributed by atoms with Gasteiger partial charge in [-0.1, -0.05) is 36.4 Å². The first kappa shape index (κ1) is 16.2. The highest BCUT2D eigenvalue weighted by atomic mass is 16.5. The van der Waals surface area contributed by atoms with Gasteiger partial charge in [-0.05, 0) is 24.8 Å². The Bertz CT molecular complexity index is 525. The molecule has 3 rings (SSSR count). The van der Waals surface area contributed by atoms with Crippen molar-refractivity contribution in [2.45, 2.75) is 31.4 Å². The maximum atomic E-state index is 12.8. The second kappa shape index (κ2) is 7.75. The summed E-state index contributed by atoms with van der Waals surface area (Å²) in [5.74, 6) is 0.250. The quantitative estimate of drug-likeness (QED) is 0.757. The fourth-order valence-electron chi connectivity index (χ4n) is 3.55. The van der Waals surface area contributed by atoms with Crippen LogP contribution in [-0.4, -0.2) is 49.3 Å². The van der Waals surface area contributed by atoms with Gasteiger partial charge in [0.05, 0.1) is 31.3 Å². The summed E-state index contributed by atoms with van der Waals surface area (Å²) in [5, 5.41) is 0. The normalized spacial score (nSPS) is 27.3. The van der Waals surface area contributed by atoms with Crippen molar-refractivity contribution in [3.8, 4) is 0 Å². The number of hydrogen-bond acceptors (Lipinski definition) is 3. The van der Waals surface area contributed by atoms with E-state index in [0.29, 0.717) is 19.8 Å². The Kier molecular flexibility index (Phi) is 5.47. The second-order valence-electron chi connectivity index (χ2n) is 6.30. The van der Waals surface area contributed by atoms with Crippen molar-refractivity contribution in [3.63, 3.8) is 0 Å². The van der Waals surface area contributed by atoms with Crippen molar-refractivity contribution in [1.82, 2.24) is 4.90 Å². The minimum absolute atomic E-state index is 0.0198. The first-order chi connectivity index (χ1) is 11.3. The molecule has 4 heteroatoms. The number of likely N-dealkylation sites (tertiary alicyclic amines) is 1. The molecule has 2 aliphatic rings. The van der Waals surface area contributed by atoms with Gasteiger partial charge in [0.25, 0.3) is 0 Å².